The third kappa shape index (κ3) is 3.00. The van der Waals surface area contributed by atoms with Gasteiger partial charge in [-0.1, -0.05) is 18.2 Å². The predicted octanol–water partition coefficient (Wildman–Crippen LogP) is 2.39. The Morgan fingerprint density at radius 3 is 3.11 bits per heavy atom. The van der Waals surface area contributed by atoms with Crippen LogP contribution in [0.1, 0.15) is 35.7 Å². The van der Waals surface area contributed by atoms with Crippen LogP contribution < -0.4 is 4.74 Å². The van der Waals surface area contributed by atoms with E-state index in [1.807, 2.05) is 34.5 Å². The zero-order chi connectivity index (χ0) is 19.1. The Labute approximate surface area is 163 Å². The maximum atomic E-state index is 13.2. The second-order valence-electron chi connectivity index (χ2n) is 7.74. The largest absolute Gasteiger partial charge is 0.492 e. The number of benzene rings is 1. The van der Waals surface area contributed by atoms with Crippen molar-refractivity contribution in [3.8, 4) is 5.75 Å². The van der Waals surface area contributed by atoms with E-state index in [9.17, 15) is 4.79 Å². The summed E-state index contributed by atoms with van der Waals surface area (Å²) >= 11 is 0. The Morgan fingerprint density at radius 2 is 2.18 bits per heavy atom. The summed E-state index contributed by atoms with van der Waals surface area (Å²) in [6, 6.07) is 10.1. The number of fused-ring (bicyclic) bond motifs is 2. The molecular weight excluding hydrogens is 354 g/mol. The van der Waals surface area contributed by atoms with Gasteiger partial charge in [0, 0.05) is 24.7 Å². The number of piperidine rings is 1. The van der Waals surface area contributed by atoms with Gasteiger partial charge in [-0.2, -0.15) is 10.1 Å². The van der Waals surface area contributed by atoms with Gasteiger partial charge in [0.2, 0.25) is 5.91 Å². The molecule has 7 nitrogen and oxygen atoms in total. The SMILES string of the molecule is Cc1cc(C2CCCN(C(=O)[C@@H]3COc4ccccc4C3)C2)n2ncnc2n1. The van der Waals surface area contributed by atoms with Gasteiger partial charge < -0.3 is 9.64 Å². The van der Waals surface area contributed by atoms with Crippen molar-refractivity contribution in [3.05, 3.63) is 53.6 Å². The molecule has 0 spiro atoms. The van der Waals surface area contributed by atoms with Gasteiger partial charge in [-0.3, -0.25) is 4.79 Å². The minimum absolute atomic E-state index is 0.112. The number of rotatable bonds is 2. The number of hydrogen-bond acceptors (Lipinski definition) is 5. The fourth-order valence-corrected chi connectivity index (χ4v) is 4.41. The molecule has 0 radical (unpaired) electrons. The molecule has 1 amide bonds. The molecule has 28 heavy (non-hydrogen) atoms. The summed E-state index contributed by atoms with van der Waals surface area (Å²) in [5.41, 5.74) is 3.13. The van der Waals surface area contributed by atoms with Gasteiger partial charge in [-0.15, -0.1) is 0 Å². The van der Waals surface area contributed by atoms with E-state index >= 15 is 0 Å². The molecule has 0 saturated carbocycles. The quantitative estimate of drug-likeness (QED) is 0.686. The van der Waals surface area contributed by atoms with Crippen molar-refractivity contribution in [2.45, 2.75) is 32.1 Å². The number of aromatic nitrogens is 4. The van der Waals surface area contributed by atoms with E-state index in [1.54, 1.807) is 0 Å². The van der Waals surface area contributed by atoms with Crippen molar-refractivity contribution in [3.63, 3.8) is 0 Å². The predicted molar refractivity (Wildman–Crippen MR) is 103 cm³/mol. The summed E-state index contributed by atoms with van der Waals surface area (Å²) in [4.78, 5) is 23.9. The average Bonchev–Trinajstić information content (AvgIpc) is 3.20. The van der Waals surface area contributed by atoms with E-state index in [2.05, 4.69) is 27.2 Å². The standard InChI is InChI=1S/C21H23N5O2/c1-14-9-18(26-21(24-14)22-13-23-26)16-6-4-8-25(11-16)20(27)17-10-15-5-2-3-7-19(15)28-12-17/h2-3,5,7,9,13,16-17H,4,6,8,10-12H2,1H3/t16?,17-/m0/s1. The van der Waals surface area contributed by atoms with Crippen molar-refractivity contribution >= 4 is 11.7 Å². The third-order valence-electron chi connectivity index (χ3n) is 5.79. The van der Waals surface area contributed by atoms with Crippen LogP contribution in [0, 0.1) is 12.8 Å². The van der Waals surface area contributed by atoms with Crippen LogP contribution in [0.25, 0.3) is 5.78 Å². The van der Waals surface area contributed by atoms with Crippen LogP contribution in [-0.2, 0) is 11.2 Å². The van der Waals surface area contributed by atoms with Gasteiger partial charge in [0.25, 0.3) is 5.78 Å². The van der Waals surface area contributed by atoms with Crippen LogP contribution in [0.3, 0.4) is 0 Å². The molecule has 5 rings (SSSR count). The summed E-state index contributed by atoms with van der Waals surface area (Å²) in [6.45, 7) is 3.94. The minimum Gasteiger partial charge on any atom is -0.492 e. The van der Waals surface area contributed by atoms with Gasteiger partial charge in [0.1, 0.15) is 18.7 Å². The lowest BCUT2D eigenvalue weighted by atomic mass is 9.91. The van der Waals surface area contributed by atoms with Gasteiger partial charge in [0.15, 0.2) is 0 Å². The maximum absolute atomic E-state index is 13.2. The van der Waals surface area contributed by atoms with Crippen molar-refractivity contribution < 1.29 is 9.53 Å². The van der Waals surface area contributed by atoms with E-state index < -0.39 is 0 Å². The number of hydrogen-bond donors (Lipinski definition) is 0. The molecule has 1 aromatic carbocycles. The first-order valence-electron chi connectivity index (χ1n) is 9.86. The van der Waals surface area contributed by atoms with Crippen LogP contribution in [0.5, 0.6) is 5.75 Å². The second kappa shape index (κ2) is 6.89. The fraction of sp³-hybridized carbons (Fsp3) is 0.429. The van der Waals surface area contributed by atoms with Gasteiger partial charge in [-0.25, -0.2) is 9.50 Å². The number of carbonyl (C=O) groups is 1. The normalized spacial score (nSPS) is 22.0. The van der Waals surface area contributed by atoms with E-state index in [0.717, 1.165) is 48.5 Å². The lowest BCUT2D eigenvalue weighted by molar-refractivity contribution is -0.138. The van der Waals surface area contributed by atoms with Gasteiger partial charge in [-0.05, 0) is 43.9 Å². The van der Waals surface area contributed by atoms with Crippen molar-refractivity contribution in [1.29, 1.82) is 0 Å². The number of nitrogens with zero attached hydrogens (tertiary/aromatic N) is 5. The van der Waals surface area contributed by atoms with E-state index in [1.165, 1.54) is 6.33 Å². The highest BCUT2D eigenvalue weighted by atomic mass is 16.5. The highest BCUT2D eigenvalue weighted by Gasteiger charge is 2.33. The molecule has 1 unspecified atom stereocenters. The molecule has 2 aromatic heterocycles. The molecule has 144 valence electrons. The van der Waals surface area contributed by atoms with Crippen LogP contribution in [0.15, 0.2) is 36.7 Å². The van der Waals surface area contributed by atoms with E-state index in [-0.39, 0.29) is 17.7 Å². The number of amides is 1. The van der Waals surface area contributed by atoms with Gasteiger partial charge in [0.05, 0.1) is 11.6 Å². The molecule has 0 aliphatic carbocycles. The summed E-state index contributed by atoms with van der Waals surface area (Å²) in [5, 5.41) is 4.34. The van der Waals surface area contributed by atoms with Gasteiger partial charge >= 0.3 is 0 Å². The number of likely N-dealkylation sites (tertiary alicyclic amines) is 1. The lowest BCUT2D eigenvalue weighted by Crippen LogP contribution is -2.45. The molecule has 0 N–H and O–H groups in total. The topological polar surface area (TPSA) is 72.6 Å². The molecule has 2 atom stereocenters. The van der Waals surface area contributed by atoms with E-state index in [0.29, 0.717) is 18.9 Å². The number of para-hydroxylation sites is 1. The lowest BCUT2D eigenvalue weighted by Gasteiger charge is -2.36. The summed E-state index contributed by atoms with van der Waals surface area (Å²) < 4.78 is 7.66. The molecule has 4 heterocycles. The maximum Gasteiger partial charge on any atom is 0.252 e. The number of carbonyl (C=O) groups excluding carboxylic acids is 1. The van der Waals surface area contributed by atoms with Crippen molar-refractivity contribution in [2.75, 3.05) is 19.7 Å². The number of ether oxygens (including phenoxy) is 1. The molecule has 1 saturated heterocycles. The zero-order valence-corrected chi connectivity index (χ0v) is 15.9. The summed E-state index contributed by atoms with van der Waals surface area (Å²) in [6.07, 6.45) is 4.30. The molecule has 0 bridgehead atoms. The second-order valence-corrected chi connectivity index (χ2v) is 7.74. The first-order chi connectivity index (χ1) is 13.7. The van der Waals surface area contributed by atoms with Crippen LogP contribution >= 0.6 is 0 Å². The number of aryl methyl sites for hydroxylation is 1. The zero-order valence-electron chi connectivity index (χ0n) is 15.9. The van der Waals surface area contributed by atoms with E-state index in [4.69, 9.17) is 4.74 Å². The van der Waals surface area contributed by atoms with Crippen LogP contribution in [-0.4, -0.2) is 50.1 Å². The van der Waals surface area contributed by atoms with Crippen LogP contribution in [0.4, 0.5) is 0 Å². The molecule has 3 aromatic rings. The fourth-order valence-electron chi connectivity index (χ4n) is 4.41. The van der Waals surface area contributed by atoms with Crippen LogP contribution in [0.2, 0.25) is 0 Å². The minimum atomic E-state index is -0.112. The molecule has 7 heteroatoms. The Hall–Kier alpha value is -2.96. The molecular formula is C21H23N5O2. The molecule has 1 fully saturated rings. The first-order valence-corrected chi connectivity index (χ1v) is 9.86. The first kappa shape index (κ1) is 17.2. The Kier molecular flexibility index (Phi) is 4.22. The Morgan fingerprint density at radius 1 is 1.29 bits per heavy atom. The third-order valence-corrected chi connectivity index (χ3v) is 5.79. The Balaban J connectivity index is 1.36. The monoisotopic (exact) mass is 377 g/mol. The highest BCUT2D eigenvalue weighted by Crippen LogP contribution is 2.31. The Bertz CT molecular complexity index is 1030. The average molecular weight is 377 g/mol. The molecule has 2 aliphatic rings. The summed E-state index contributed by atoms with van der Waals surface area (Å²) in [7, 11) is 0. The smallest absolute Gasteiger partial charge is 0.252 e. The van der Waals surface area contributed by atoms with Crippen molar-refractivity contribution in [2.24, 2.45) is 5.92 Å². The highest BCUT2D eigenvalue weighted by molar-refractivity contribution is 5.80. The summed E-state index contributed by atoms with van der Waals surface area (Å²) in [5.74, 6) is 1.85. The molecule has 2 aliphatic heterocycles. The van der Waals surface area contributed by atoms with Crippen molar-refractivity contribution in [1.82, 2.24) is 24.5 Å².